The maximum Gasteiger partial charge on any atom is 0.185 e. The normalized spacial score (nSPS) is 13.0. The molecule has 2 nitrogen and oxygen atoms in total. The lowest BCUT2D eigenvalue weighted by Gasteiger charge is -2.19. The van der Waals surface area contributed by atoms with Crippen LogP contribution < -0.4 is 0 Å². The molecule has 0 fully saturated rings. The largest absolute Gasteiger partial charge is 0.223 e. The Morgan fingerprint density at radius 2 is 1.68 bits per heavy atom. The summed E-state index contributed by atoms with van der Waals surface area (Å²) < 4.78 is 27.2. The van der Waals surface area contributed by atoms with E-state index in [1.807, 2.05) is 43.3 Å². The van der Waals surface area contributed by atoms with Gasteiger partial charge in [-0.15, -0.1) is 0 Å². The molecule has 1 unspecified atom stereocenters. The Bertz CT molecular complexity index is 721. The second-order valence-electron chi connectivity index (χ2n) is 5.51. The first-order valence-electron chi connectivity index (χ1n) is 7.51. The van der Waals surface area contributed by atoms with Gasteiger partial charge in [0.25, 0.3) is 0 Å². The number of benzene rings is 2. The first kappa shape index (κ1) is 17.5. The molecule has 0 amide bonds. The molecule has 0 aromatic heterocycles. The standard InChI is InChI=1S/C18H21IO2S/c1-3-4-9-18(16-7-5-6-8-17(16)19)22(20,21)15-12-10-14(2)11-13-15/h5-8,10-13,18H,3-4,9H2,1-2H3. The van der Waals surface area contributed by atoms with Gasteiger partial charge in [-0.1, -0.05) is 55.7 Å². The van der Waals surface area contributed by atoms with Gasteiger partial charge < -0.3 is 0 Å². The van der Waals surface area contributed by atoms with E-state index in [0.717, 1.165) is 27.5 Å². The van der Waals surface area contributed by atoms with Gasteiger partial charge in [-0.25, -0.2) is 8.42 Å². The zero-order valence-corrected chi connectivity index (χ0v) is 15.9. The van der Waals surface area contributed by atoms with Crippen molar-refractivity contribution in [2.75, 3.05) is 0 Å². The molecule has 2 aromatic rings. The minimum absolute atomic E-state index is 0.416. The molecule has 2 aromatic carbocycles. The molecule has 0 N–H and O–H groups in total. The highest BCUT2D eigenvalue weighted by Crippen LogP contribution is 2.35. The minimum atomic E-state index is -3.37. The Morgan fingerprint density at radius 1 is 1.05 bits per heavy atom. The number of aryl methyl sites for hydroxylation is 1. The zero-order valence-electron chi connectivity index (χ0n) is 12.9. The van der Waals surface area contributed by atoms with Gasteiger partial charge in [0, 0.05) is 3.57 Å². The Hall–Kier alpha value is -0.880. The quantitative estimate of drug-likeness (QED) is 0.585. The number of unbranched alkanes of at least 4 members (excludes halogenated alkanes) is 1. The number of hydrogen-bond acceptors (Lipinski definition) is 2. The molecule has 0 saturated carbocycles. The second-order valence-corrected chi connectivity index (χ2v) is 8.80. The molecule has 1 atom stereocenters. The van der Waals surface area contributed by atoms with Crippen LogP contribution in [0, 0.1) is 10.5 Å². The predicted molar refractivity (Wildman–Crippen MR) is 99.8 cm³/mol. The zero-order chi connectivity index (χ0) is 16.2. The van der Waals surface area contributed by atoms with Crippen molar-refractivity contribution in [2.45, 2.75) is 43.3 Å². The van der Waals surface area contributed by atoms with Gasteiger partial charge in [-0.05, 0) is 59.7 Å². The summed E-state index contributed by atoms with van der Waals surface area (Å²) in [5, 5.41) is -0.469. The summed E-state index contributed by atoms with van der Waals surface area (Å²) in [6.45, 7) is 4.05. The van der Waals surface area contributed by atoms with E-state index in [1.54, 1.807) is 12.1 Å². The molecule has 22 heavy (non-hydrogen) atoms. The molecule has 0 radical (unpaired) electrons. The van der Waals surface area contributed by atoms with E-state index in [9.17, 15) is 8.42 Å². The Morgan fingerprint density at radius 3 is 2.27 bits per heavy atom. The topological polar surface area (TPSA) is 34.1 Å². The summed E-state index contributed by atoms with van der Waals surface area (Å²) in [4.78, 5) is 0.416. The van der Waals surface area contributed by atoms with Crippen LogP contribution in [0.1, 0.15) is 42.6 Å². The molecule has 118 valence electrons. The van der Waals surface area contributed by atoms with Gasteiger partial charge in [0.15, 0.2) is 9.84 Å². The van der Waals surface area contributed by atoms with Crippen molar-refractivity contribution in [3.8, 4) is 0 Å². The van der Waals surface area contributed by atoms with Crippen molar-refractivity contribution >= 4 is 32.4 Å². The van der Waals surface area contributed by atoms with E-state index in [4.69, 9.17) is 0 Å². The summed E-state index contributed by atoms with van der Waals surface area (Å²) >= 11 is 2.23. The van der Waals surface area contributed by atoms with Gasteiger partial charge in [0.05, 0.1) is 10.1 Å². The molecule has 0 aliphatic rings. The van der Waals surface area contributed by atoms with Crippen LogP contribution in [0.4, 0.5) is 0 Å². The summed E-state index contributed by atoms with van der Waals surface area (Å²) in [7, 11) is -3.37. The van der Waals surface area contributed by atoms with Crippen LogP contribution in [0.25, 0.3) is 0 Å². The van der Waals surface area contributed by atoms with E-state index in [2.05, 4.69) is 29.5 Å². The van der Waals surface area contributed by atoms with Crippen LogP contribution in [0.3, 0.4) is 0 Å². The third-order valence-corrected chi connectivity index (χ3v) is 6.95. The minimum Gasteiger partial charge on any atom is -0.223 e. The lowest BCUT2D eigenvalue weighted by atomic mass is 10.1. The number of rotatable bonds is 6. The van der Waals surface area contributed by atoms with E-state index in [-0.39, 0.29) is 0 Å². The third-order valence-electron chi connectivity index (χ3n) is 3.80. The van der Waals surface area contributed by atoms with Gasteiger partial charge in [0.2, 0.25) is 0 Å². The van der Waals surface area contributed by atoms with Gasteiger partial charge in [-0.3, -0.25) is 0 Å². The van der Waals surface area contributed by atoms with Crippen molar-refractivity contribution < 1.29 is 8.42 Å². The van der Waals surface area contributed by atoms with Crippen molar-refractivity contribution in [2.24, 2.45) is 0 Å². The van der Waals surface area contributed by atoms with E-state index < -0.39 is 15.1 Å². The average molecular weight is 428 g/mol. The van der Waals surface area contributed by atoms with Crippen LogP contribution in [0.15, 0.2) is 53.4 Å². The first-order valence-corrected chi connectivity index (χ1v) is 10.1. The van der Waals surface area contributed by atoms with Crippen molar-refractivity contribution in [3.63, 3.8) is 0 Å². The molecule has 0 heterocycles. The maximum atomic E-state index is 13.1. The molecule has 0 aliphatic carbocycles. The third kappa shape index (κ3) is 3.90. The van der Waals surface area contributed by atoms with Crippen LogP contribution in [0.5, 0.6) is 0 Å². The fraction of sp³-hybridized carbons (Fsp3) is 0.333. The van der Waals surface area contributed by atoms with E-state index in [0.29, 0.717) is 11.3 Å². The van der Waals surface area contributed by atoms with Crippen molar-refractivity contribution in [3.05, 3.63) is 63.2 Å². The molecular weight excluding hydrogens is 407 g/mol. The van der Waals surface area contributed by atoms with Crippen molar-refractivity contribution in [1.82, 2.24) is 0 Å². The summed E-state index contributed by atoms with van der Waals surface area (Å²) in [5.74, 6) is 0. The Balaban J connectivity index is 2.48. The fourth-order valence-corrected chi connectivity index (χ4v) is 5.33. The van der Waals surface area contributed by atoms with E-state index in [1.165, 1.54) is 0 Å². The van der Waals surface area contributed by atoms with Gasteiger partial charge >= 0.3 is 0 Å². The van der Waals surface area contributed by atoms with Crippen LogP contribution in [-0.4, -0.2) is 8.42 Å². The Kier molecular flexibility index (Phi) is 6.03. The molecule has 0 spiro atoms. The molecule has 0 bridgehead atoms. The summed E-state index contributed by atoms with van der Waals surface area (Å²) in [6, 6.07) is 14.9. The average Bonchev–Trinajstić information content (AvgIpc) is 2.49. The monoisotopic (exact) mass is 428 g/mol. The Labute approximate surface area is 147 Å². The number of hydrogen-bond donors (Lipinski definition) is 0. The molecular formula is C18H21IO2S. The molecule has 0 saturated heterocycles. The molecule has 0 aliphatic heterocycles. The van der Waals surface area contributed by atoms with Crippen LogP contribution >= 0.6 is 22.6 Å². The summed E-state index contributed by atoms with van der Waals surface area (Å²) in [6.07, 6.45) is 2.55. The lowest BCUT2D eigenvalue weighted by Crippen LogP contribution is -2.15. The first-order chi connectivity index (χ1) is 10.5. The fourth-order valence-electron chi connectivity index (χ4n) is 2.50. The second kappa shape index (κ2) is 7.59. The van der Waals surface area contributed by atoms with Crippen molar-refractivity contribution in [1.29, 1.82) is 0 Å². The smallest absolute Gasteiger partial charge is 0.185 e. The van der Waals surface area contributed by atoms with Crippen LogP contribution in [0.2, 0.25) is 0 Å². The van der Waals surface area contributed by atoms with E-state index >= 15 is 0 Å². The summed E-state index contributed by atoms with van der Waals surface area (Å²) in [5.41, 5.74) is 1.98. The van der Waals surface area contributed by atoms with Gasteiger partial charge in [-0.2, -0.15) is 0 Å². The highest BCUT2D eigenvalue weighted by atomic mass is 127. The predicted octanol–water partition coefficient (Wildman–Crippen LogP) is 5.30. The highest BCUT2D eigenvalue weighted by Gasteiger charge is 2.29. The SMILES string of the molecule is CCCCC(c1ccccc1I)S(=O)(=O)c1ccc(C)cc1. The number of halogens is 1. The maximum absolute atomic E-state index is 13.1. The van der Waals surface area contributed by atoms with Gasteiger partial charge in [0.1, 0.15) is 0 Å². The number of sulfone groups is 1. The molecule has 2 rings (SSSR count). The molecule has 4 heteroatoms. The van der Waals surface area contributed by atoms with Crippen LogP contribution in [-0.2, 0) is 9.84 Å². The highest BCUT2D eigenvalue weighted by molar-refractivity contribution is 14.1. The lowest BCUT2D eigenvalue weighted by molar-refractivity contribution is 0.568.